The first-order valence-electron chi connectivity index (χ1n) is 6.46. The Morgan fingerprint density at radius 3 is 2.89 bits per heavy atom. The van der Waals surface area contributed by atoms with Crippen molar-refractivity contribution < 1.29 is 9.32 Å². The first-order chi connectivity index (χ1) is 9.31. The van der Waals surface area contributed by atoms with E-state index in [1.54, 1.807) is 11.3 Å². The number of nitrogens with zero attached hydrogens (tertiary/aromatic N) is 3. The van der Waals surface area contributed by atoms with Crippen LogP contribution in [0.15, 0.2) is 21.3 Å². The van der Waals surface area contributed by atoms with Gasteiger partial charge in [0.1, 0.15) is 0 Å². The molecule has 5 nitrogen and oxygen atoms in total. The number of hydrogen-bond acceptors (Lipinski definition) is 5. The molecule has 1 saturated heterocycles. The predicted octanol–water partition coefficient (Wildman–Crippen LogP) is 2.25. The van der Waals surface area contributed by atoms with Crippen molar-refractivity contribution in [3.8, 4) is 0 Å². The van der Waals surface area contributed by atoms with E-state index in [9.17, 15) is 4.79 Å². The van der Waals surface area contributed by atoms with Gasteiger partial charge >= 0.3 is 0 Å². The van der Waals surface area contributed by atoms with E-state index in [1.807, 2.05) is 21.7 Å². The minimum absolute atomic E-state index is 0.0967. The molecule has 1 aliphatic carbocycles. The lowest BCUT2D eigenvalue weighted by molar-refractivity contribution is 0.0570. The summed E-state index contributed by atoms with van der Waals surface area (Å²) >= 11 is 1.54. The Kier molecular flexibility index (Phi) is 2.44. The number of rotatable bonds is 3. The number of aromatic nitrogens is 2. The summed E-state index contributed by atoms with van der Waals surface area (Å²) in [6, 6.07) is 1.86. The van der Waals surface area contributed by atoms with Gasteiger partial charge in [0.05, 0.1) is 11.5 Å². The third kappa shape index (κ3) is 1.96. The van der Waals surface area contributed by atoms with Crippen LogP contribution in [0.2, 0.25) is 0 Å². The Balaban J connectivity index is 1.40. The van der Waals surface area contributed by atoms with E-state index in [4.69, 9.17) is 4.52 Å². The second-order valence-electron chi connectivity index (χ2n) is 5.18. The van der Waals surface area contributed by atoms with Gasteiger partial charge in [-0.05, 0) is 24.3 Å². The smallest absolute Gasteiger partial charge is 0.254 e. The second-order valence-corrected chi connectivity index (χ2v) is 5.96. The topological polar surface area (TPSA) is 59.2 Å². The van der Waals surface area contributed by atoms with Crippen molar-refractivity contribution >= 4 is 17.2 Å². The molecule has 0 bridgehead atoms. The second kappa shape index (κ2) is 4.16. The molecule has 98 valence electrons. The van der Waals surface area contributed by atoms with Gasteiger partial charge in [-0.15, -0.1) is 0 Å². The fourth-order valence-electron chi connectivity index (χ4n) is 2.29. The van der Waals surface area contributed by atoms with Crippen molar-refractivity contribution in [1.82, 2.24) is 15.0 Å². The molecule has 1 saturated carbocycles. The van der Waals surface area contributed by atoms with Gasteiger partial charge in [-0.2, -0.15) is 16.3 Å². The van der Waals surface area contributed by atoms with Crippen LogP contribution in [0.1, 0.15) is 46.8 Å². The summed E-state index contributed by atoms with van der Waals surface area (Å²) in [4.78, 5) is 18.3. The molecule has 6 heteroatoms. The van der Waals surface area contributed by atoms with Crippen LogP contribution < -0.4 is 0 Å². The van der Waals surface area contributed by atoms with Gasteiger partial charge in [-0.25, -0.2) is 0 Å². The van der Waals surface area contributed by atoms with E-state index in [2.05, 4.69) is 10.1 Å². The number of carbonyl (C=O) groups excluding carboxylic acids is 1. The third-order valence-electron chi connectivity index (χ3n) is 3.69. The van der Waals surface area contributed by atoms with E-state index < -0.39 is 0 Å². The van der Waals surface area contributed by atoms with Crippen LogP contribution in [0.5, 0.6) is 0 Å². The number of thiophene rings is 1. The highest BCUT2D eigenvalue weighted by Gasteiger charge is 2.37. The monoisotopic (exact) mass is 275 g/mol. The van der Waals surface area contributed by atoms with Crippen LogP contribution in [-0.4, -0.2) is 34.0 Å². The molecule has 0 radical (unpaired) electrons. The van der Waals surface area contributed by atoms with E-state index in [0.717, 1.165) is 11.4 Å². The molecule has 3 heterocycles. The maximum Gasteiger partial charge on any atom is 0.254 e. The molecule has 2 aliphatic rings. The number of carbonyl (C=O) groups is 1. The summed E-state index contributed by atoms with van der Waals surface area (Å²) in [5.41, 5.74) is 0.771. The van der Waals surface area contributed by atoms with E-state index in [1.165, 1.54) is 12.8 Å². The molecule has 2 aromatic rings. The lowest BCUT2D eigenvalue weighted by Gasteiger charge is -2.36. The summed E-state index contributed by atoms with van der Waals surface area (Å²) in [5.74, 6) is 2.36. The molecule has 0 unspecified atom stereocenters. The van der Waals surface area contributed by atoms with Gasteiger partial charge in [0, 0.05) is 24.4 Å². The maximum absolute atomic E-state index is 12.1. The third-order valence-corrected chi connectivity index (χ3v) is 4.37. The van der Waals surface area contributed by atoms with Gasteiger partial charge < -0.3 is 9.42 Å². The zero-order valence-corrected chi connectivity index (χ0v) is 11.1. The maximum atomic E-state index is 12.1. The lowest BCUT2D eigenvalue weighted by atomic mass is 9.99. The molecular weight excluding hydrogens is 262 g/mol. The van der Waals surface area contributed by atoms with Gasteiger partial charge in [-0.1, -0.05) is 5.16 Å². The fourth-order valence-corrected chi connectivity index (χ4v) is 2.92. The first kappa shape index (κ1) is 11.2. The van der Waals surface area contributed by atoms with Crippen molar-refractivity contribution in [2.24, 2.45) is 0 Å². The standard InChI is InChI=1S/C13H13N3O2S/c17-13(9-3-4-19-7-9)16-5-10(6-16)12-14-11(15-18-12)8-1-2-8/h3-4,7-8,10H,1-2,5-6H2. The molecule has 19 heavy (non-hydrogen) atoms. The molecule has 0 spiro atoms. The summed E-state index contributed by atoms with van der Waals surface area (Å²) in [6.45, 7) is 1.36. The summed E-state index contributed by atoms with van der Waals surface area (Å²) in [5, 5.41) is 7.82. The molecule has 0 atom stereocenters. The summed E-state index contributed by atoms with van der Waals surface area (Å²) < 4.78 is 5.29. The van der Waals surface area contributed by atoms with Crippen molar-refractivity contribution in [3.05, 3.63) is 34.1 Å². The fraction of sp³-hybridized carbons (Fsp3) is 0.462. The number of amides is 1. The van der Waals surface area contributed by atoms with Crippen LogP contribution >= 0.6 is 11.3 Å². The average molecular weight is 275 g/mol. The Morgan fingerprint density at radius 1 is 1.37 bits per heavy atom. The quantitative estimate of drug-likeness (QED) is 0.862. The van der Waals surface area contributed by atoms with Gasteiger partial charge in [0.25, 0.3) is 5.91 Å². The van der Waals surface area contributed by atoms with Crippen LogP contribution in [0.4, 0.5) is 0 Å². The molecule has 1 aliphatic heterocycles. The van der Waals surface area contributed by atoms with Crippen molar-refractivity contribution in [3.63, 3.8) is 0 Å². The SMILES string of the molecule is O=C(c1ccsc1)N1CC(c2nc(C3CC3)no2)C1. The molecule has 0 aromatic carbocycles. The van der Waals surface area contributed by atoms with Crippen LogP contribution in [0.25, 0.3) is 0 Å². The largest absolute Gasteiger partial charge is 0.339 e. The van der Waals surface area contributed by atoms with Crippen molar-refractivity contribution in [2.75, 3.05) is 13.1 Å². The van der Waals surface area contributed by atoms with Gasteiger partial charge in [0.2, 0.25) is 5.89 Å². The molecule has 2 aromatic heterocycles. The highest BCUT2D eigenvalue weighted by Crippen LogP contribution is 2.39. The molecular formula is C13H13N3O2S. The number of hydrogen-bond donors (Lipinski definition) is 0. The molecule has 4 rings (SSSR count). The van der Waals surface area contributed by atoms with E-state index >= 15 is 0 Å². The van der Waals surface area contributed by atoms with Gasteiger partial charge in [-0.3, -0.25) is 4.79 Å². The van der Waals surface area contributed by atoms with E-state index in [0.29, 0.717) is 24.9 Å². The highest BCUT2D eigenvalue weighted by atomic mass is 32.1. The highest BCUT2D eigenvalue weighted by molar-refractivity contribution is 7.08. The van der Waals surface area contributed by atoms with Crippen molar-refractivity contribution in [2.45, 2.75) is 24.7 Å². The minimum Gasteiger partial charge on any atom is -0.339 e. The Bertz CT molecular complexity index is 597. The first-order valence-corrected chi connectivity index (χ1v) is 7.40. The Labute approximate surface area is 114 Å². The number of likely N-dealkylation sites (tertiary alicyclic amines) is 1. The molecule has 2 fully saturated rings. The van der Waals surface area contributed by atoms with Crippen LogP contribution in [0, 0.1) is 0 Å². The summed E-state index contributed by atoms with van der Waals surface area (Å²) in [6.07, 6.45) is 2.35. The minimum atomic E-state index is 0.0967. The van der Waals surface area contributed by atoms with Crippen LogP contribution in [-0.2, 0) is 0 Å². The zero-order chi connectivity index (χ0) is 12.8. The zero-order valence-electron chi connectivity index (χ0n) is 10.3. The normalized spacial score (nSPS) is 19.5. The summed E-state index contributed by atoms with van der Waals surface area (Å²) in [7, 11) is 0. The van der Waals surface area contributed by atoms with E-state index in [-0.39, 0.29) is 11.8 Å². The van der Waals surface area contributed by atoms with Gasteiger partial charge in [0.15, 0.2) is 5.82 Å². The van der Waals surface area contributed by atoms with Crippen molar-refractivity contribution in [1.29, 1.82) is 0 Å². The average Bonchev–Trinajstić information content (AvgIpc) is 2.90. The Hall–Kier alpha value is -1.69. The Morgan fingerprint density at radius 2 is 2.21 bits per heavy atom. The predicted molar refractivity (Wildman–Crippen MR) is 69.2 cm³/mol. The lowest BCUT2D eigenvalue weighted by Crippen LogP contribution is -2.48. The van der Waals surface area contributed by atoms with Crippen LogP contribution in [0.3, 0.4) is 0 Å². The molecule has 1 amide bonds. The molecule has 0 N–H and O–H groups in total.